The van der Waals surface area contributed by atoms with Crippen LogP contribution in [0.25, 0.3) is 11.3 Å². The SMILES string of the molecule is C[C@@H]1CC(CNc2cccc(-c3cc(CC4CCC(N)CC4)ncc3Cl)n2)C[C@H](C)O1. The Kier molecular flexibility index (Phi) is 7.47. The van der Waals surface area contributed by atoms with E-state index in [2.05, 4.69) is 30.2 Å². The summed E-state index contributed by atoms with van der Waals surface area (Å²) >= 11 is 6.52. The van der Waals surface area contributed by atoms with Crippen LogP contribution in [0, 0.1) is 11.8 Å². The van der Waals surface area contributed by atoms with Crippen molar-refractivity contribution in [2.24, 2.45) is 17.6 Å². The van der Waals surface area contributed by atoms with Gasteiger partial charge in [-0.15, -0.1) is 0 Å². The topological polar surface area (TPSA) is 73.1 Å². The number of ether oxygens (including phenoxy) is 1. The fourth-order valence-electron chi connectivity index (χ4n) is 5.12. The molecule has 2 fully saturated rings. The van der Waals surface area contributed by atoms with Crippen LogP contribution < -0.4 is 11.1 Å². The highest BCUT2D eigenvalue weighted by molar-refractivity contribution is 6.33. The normalized spacial score (nSPS) is 29.0. The summed E-state index contributed by atoms with van der Waals surface area (Å²) in [5.41, 5.74) is 8.99. The van der Waals surface area contributed by atoms with Gasteiger partial charge in [0.15, 0.2) is 0 Å². The number of hydrogen-bond donors (Lipinski definition) is 2. The van der Waals surface area contributed by atoms with Crippen LogP contribution >= 0.6 is 11.6 Å². The van der Waals surface area contributed by atoms with Crippen LogP contribution in [0.2, 0.25) is 5.02 Å². The Hall–Kier alpha value is -1.69. The van der Waals surface area contributed by atoms with Gasteiger partial charge in [-0.05, 0) is 88.8 Å². The molecule has 0 radical (unpaired) electrons. The van der Waals surface area contributed by atoms with Gasteiger partial charge in [0, 0.05) is 30.0 Å². The lowest BCUT2D eigenvalue weighted by molar-refractivity contribution is -0.0495. The van der Waals surface area contributed by atoms with Crippen LogP contribution in [-0.4, -0.2) is 34.8 Å². The molecule has 0 amide bonds. The van der Waals surface area contributed by atoms with Gasteiger partial charge in [-0.1, -0.05) is 17.7 Å². The van der Waals surface area contributed by atoms with E-state index in [0.29, 0.717) is 35.1 Å². The molecule has 168 valence electrons. The Balaban J connectivity index is 1.43. The average molecular weight is 443 g/mol. The molecule has 1 unspecified atom stereocenters. The van der Waals surface area contributed by atoms with Gasteiger partial charge < -0.3 is 15.8 Å². The summed E-state index contributed by atoms with van der Waals surface area (Å²) in [5, 5.41) is 4.18. The minimum Gasteiger partial charge on any atom is -0.376 e. The van der Waals surface area contributed by atoms with Gasteiger partial charge in [-0.25, -0.2) is 4.98 Å². The van der Waals surface area contributed by atoms with Crippen molar-refractivity contribution < 1.29 is 4.74 Å². The molecular weight excluding hydrogens is 408 g/mol. The zero-order valence-corrected chi connectivity index (χ0v) is 19.4. The van der Waals surface area contributed by atoms with Crippen molar-refractivity contribution in [2.75, 3.05) is 11.9 Å². The predicted molar refractivity (Wildman–Crippen MR) is 127 cm³/mol. The van der Waals surface area contributed by atoms with Crippen LogP contribution in [0.5, 0.6) is 0 Å². The molecule has 4 rings (SSSR count). The first kappa shape index (κ1) is 22.5. The Morgan fingerprint density at radius 1 is 1.10 bits per heavy atom. The lowest BCUT2D eigenvalue weighted by atomic mass is 9.83. The van der Waals surface area contributed by atoms with Crippen molar-refractivity contribution in [2.45, 2.75) is 77.0 Å². The third kappa shape index (κ3) is 6.18. The number of nitrogens with two attached hydrogens (primary N) is 1. The van der Waals surface area contributed by atoms with Crippen LogP contribution in [-0.2, 0) is 11.2 Å². The van der Waals surface area contributed by atoms with Crippen LogP contribution in [0.15, 0.2) is 30.5 Å². The molecule has 1 aliphatic heterocycles. The Morgan fingerprint density at radius 2 is 1.84 bits per heavy atom. The van der Waals surface area contributed by atoms with Gasteiger partial charge >= 0.3 is 0 Å². The number of rotatable bonds is 6. The minimum absolute atomic E-state index is 0.323. The van der Waals surface area contributed by atoms with E-state index in [4.69, 9.17) is 27.1 Å². The number of pyridine rings is 2. The van der Waals surface area contributed by atoms with E-state index < -0.39 is 0 Å². The zero-order valence-electron chi connectivity index (χ0n) is 18.7. The standard InChI is InChI=1S/C25H35ClN4O/c1-16-10-19(11-17(2)31-16)14-29-25-5-3-4-24(30-25)22-13-21(28-15-23(22)26)12-18-6-8-20(27)9-7-18/h3-5,13,15-20H,6-12,14,27H2,1-2H3,(H,29,30)/t16-,17+,18?,19?,20?. The minimum atomic E-state index is 0.323. The van der Waals surface area contributed by atoms with Gasteiger partial charge in [0.05, 0.1) is 22.9 Å². The number of hydrogen-bond acceptors (Lipinski definition) is 5. The maximum atomic E-state index is 6.52. The van der Waals surface area contributed by atoms with E-state index in [1.54, 1.807) is 6.20 Å². The van der Waals surface area contributed by atoms with Crippen molar-refractivity contribution in [3.8, 4) is 11.3 Å². The highest BCUT2D eigenvalue weighted by atomic mass is 35.5. The molecule has 0 aromatic carbocycles. The summed E-state index contributed by atoms with van der Waals surface area (Å²) in [5.74, 6) is 2.15. The van der Waals surface area contributed by atoms with Crippen LogP contribution in [0.1, 0.15) is 58.1 Å². The van der Waals surface area contributed by atoms with Gasteiger partial charge in [-0.2, -0.15) is 0 Å². The zero-order chi connectivity index (χ0) is 21.8. The van der Waals surface area contributed by atoms with E-state index in [0.717, 1.165) is 61.4 Å². The van der Waals surface area contributed by atoms with E-state index in [-0.39, 0.29) is 0 Å². The first-order valence-electron chi connectivity index (χ1n) is 11.7. The summed E-state index contributed by atoms with van der Waals surface area (Å²) < 4.78 is 5.86. The second-order valence-corrected chi connectivity index (χ2v) is 9.93. The lowest BCUT2D eigenvalue weighted by Crippen LogP contribution is -2.32. The van der Waals surface area contributed by atoms with E-state index in [9.17, 15) is 0 Å². The summed E-state index contributed by atoms with van der Waals surface area (Å²) in [7, 11) is 0. The first-order valence-corrected chi connectivity index (χ1v) is 12.1. The molecular formula is C25H35ClN4O. The Labute approximate surface area is 191 Å². The van der Waals surface area contributed by atoms with Gasteiger partial charge in [0.25, 0.3) is 0 Å². The van der Waals surface area contributed by atoms with Crippen molar-refractivity contribution in [1.29, 1.82) is 0 Å². The molecule has 1 saturated carbocycles. The maximum absolute atomic E-state index is 6.52. The molecule has 0 spiro atoms. The molecule has 5 nitrogen and oxygen atoms in total. The van der Waals surface area contributed by atoms with Gasteiger partial charge in [-0.3, -0.25) is 4.98 Å². The molecule has 1 saturated heterocycles. The largest absolute Gasteiger partial charge is 0.376 e. The molecule has 31 heavy (non-hydrogen) atoms. The second kappa shape index (κ2) is 10.3. The number of nitrogens with zero attached hydrogens (tertiary/aromatic N) is 2. The molecule has 6 heteroatoms. The lowest BCUT2D eigenvalue weighted by Gasteiger charge is -2.32. The molecule has 3 atom stereocenters. The van der Waals surface area contributed by atoms with Crippen molar-refractivity contribution >= 4 is 17.4 Å². The summed E-state index contributed by atoms with van der Waals surface area (Å²) in [6.07, 6.45) is 10.2. The second-order valence-electron chi connectivity index (χ2n) is 9.52. The number of anilines is 1. The summed E-state index contributed by atoms with van der Waals surface area (Å²) in [6, 6.07) is 8.58. The highest BCUT2D eigenvalue weighted by Crippen LogP contribution is 2.31. The third-order valence-electron chi connectivity index (χ3n) is 6.69. The summed E-state index contributed by atoms with van der Waals surface area (Å²) in [6.45, 7) is 5.23. The number of aromatic nitrogens is 2. The molecule has 2 aromatic heterocycles. The molecule has 3 heterocycles. The van der Waals surface area contributed by atoms with Crippen molar-refractivity contribution in [3.63, 3.8) is 0 Å². The molecule has 1 aliphatic carbocycles. The smallest absolute Gasteiger partial charge is 0.126 e. The fourth-order valence-corrected chi connectivity index (χ4v) is 5.32. The van der Waals surface area contributed by atoms with E-state index >= 15 is 0 Å². The van der Waals surface area contributed by atoms with Crippen molar-refractivity contribution in [3.05, 3.63) is 41.2 Å². The van der Waals surface area contributed by atoms with E-state index in [1.165, 1.54) is 12.8 Å². The predicted octanol–water partition coefficient (Wildman–Crippen LogP) is 5.47. The monoisotopic (exact) mass is 442 g/mol. The summed E-state index contributed by atoms with van der Waals surface area (Å²) in [4.78, 5) is 9.45. The Morgan fingerprint density at radius 3 is 2.58 bits per heavy atom. The van der Waals surface area contributed by atoms with Gasteiger partial charge in [0.1, 0.15) is 5.82 Å². The number of nitrogens with one attached hydrogen (secondary N) is 1. The number of halogens is 1. The molecule has 3 N–H and O–H groups in total. The molecule has 2 aliphatic rings. The maximum Gasteiger partial charge on any atom is 0.126 e. The van der Waals surface area contributed by atoms with Crippen LogP contribution in [0.4, 0.5) is 5.82 Å². The van der Waals surface area contributed by atoms with E-state index in [1.807, 2.05) is 18.2 Å². The highest BCUT2D eigenvalue weighted by Gasteiger charge is 2.24. The quantitative estimate of drug-likeness (QED) is 0.620. The fraction of sp³-hybridized carbons (Fsp3) is 0.600. The average Bonchev–Trinajstić information content (AvgIpc) is 2.75. The first-order chi connectivity index (χ1) is 15.0. The molecule has 0 bridgehead atoms. The molecule has 2 aromatic rings. The third-order valence-corrected chi connectivity index (χ3v) is 6.99. The Bertz CT molecular complexity index is 858. The van der Waals surface area contributed by atoms with Crippen LogP contribution in [0.3, 0.4) is 0 Å². The van der Waals surface area contributed by atoms with Crippen molar-refractivity contribution in [1.82, 2.24) is 9.97 Å². The van der Waals surface area contributed by atoms with Gasteiger partial charge in [0.2, 0.25) is 0 Å².